The van der Waals surface area contributed by atoms with Crippen molar-refractivity contribution in [3.8, 4) is 11.5 Å². The Morgan fingerprint density at radius 2 is 1.87 bits per heavy atom. The normalized spacial score (nSPS) is 14.8. The Morgan fingerprint density at radius 3 is 2.43 bits per heavy atom. The molecule has 0 unspecified atom stereocenters. The Hall–Kier alpha value is -2.61. The first-order valence-electron chi connectivity index (χ1n) is 7.02. The van der Waals surface area contributed by atoms with E-state index in [-0.39, 0.29) is 22.9 Å². The van der Waals surface area contributed by atoms with Crippen LogP contribution in [0.15, 0.2) is 18.2 Å². The number of nitro groups is 1. The Kier molecular flexibility index (Phi) is 5.53. The molecule has 1 fully saturated rings. The number of benzene rings is 1. The fourth-order valence-corrected chi connectivity index (χ4v) is 2.23. The lowest BCUT2D eigenvalue weighted by atomic mass is 10.1. The fraction of sp³-hybridized carbons (Fsp3) is 0.400. The summed E-state index contributed by atoms with van der Waals surface area (Å²) in [7, 11) is 2.84. The lowest BCUT2D eigenvalue weighted by Crippen LogP contribution is -2.39. The number of rotatable bonds is 5. The molecule has 1 heterocycles. The van der Waals surface area contributed by atoms with Crippen molar-refractivity contribution in [3.63, 3.8) is 0 Å². The van der Waals surface area contributed by atoms with Gasteiger partial charge in [-0.3, -0.25) is 14.9 Å². The van der Waals surface area contributed by atoms with Gasteiger partial charge in [0.1, 0.15) is 0 Å². The van der Waals surface area contributed by atoms with E-state index in [9.17, 15) is 14.9 Å². The van der Waals surface area contributed by atoms with Crippen LogP contribution in [0, 0.1) is 10.1 Å². The van der Waals surface area contributed by atoms with Gasteiger partial charge in [-0.25, -0.2) is 0 Å². The lowest BCUT2D eigenvalue weighted by molar-refractivity contribution is -0.385. The van der Waals surface area contributed by atoms with Gasteiger partial charge in [-0.1, -0.05) is 0 Å². The van der Waals surface area contributed by atoms with Gasteiger partial charge in [0.2, 0.25) is 5.91 Å². The van der Waals surface area contributed by atoms with E-state index in [4.69, 9.17) is 14.2 Å². The summed E-state index contributed by atoms with van der Waals surface area (Å²) < 4.78 is 15.4. The maximum atomic E-state index is 12.1. The first-order chi connectivity index (χ1) is 11.1. The highest BCUT2D eigenvalue weighted by Gasteiger charge is 2.19. The number of nitro benzene ring substituents is 1. The molecule has 1 saturated heterocycles. The number of ether oxygens (including phenoxy) is 3. The molecule has 0 bridgehead atoms. The van der Waals surface area contributed by atoms with Crippen LogP contribution in [0.5, 0.6) is 11.5 Å². The van der Waals surface area contributed by atoms with Crippen LogP contribution in [0.4, 0.5) is 5.69 Å². The molecule has 1 amide bonds. The molecular weight excluding hydrogens is 304 g/mol. The van der Waals surface area contributed by atoms with Crippen LogP contribution in [0.3, 0.4) is 0 Å². The number of methoxy groups -OCH3 is 2. The third-order valence-electron chi connectivity index (χ3n) is 3.46. The summed E-state index contributed by atoms with van der Waals surface area (Å²) in [6.45, 7) is 2.01. The Balaban J connectivity index is 2.28. The first-order valence-corrected chi connectivity index (χ1v) is 7.02. The Labute approximate surface area is 133 Å². The van der Waals surface area contributed by atoms with Gasteiger partial charge in [0.05, 0.1) is 44.0 Å². The van der Waals surface area contributed by atoms with Crippen LogP contribution in [0.2, 0.25) is 0 Å². The highest BCUT2D eigenvalue weighted by molar-refractivity contribution is 5.92. The summed E-state index contributed by atoms with van der Waals surface area (Å²) in [5, 5.41) is 11.2. The topological polar surface area (TPSA) is 91.1 Å². The molecule has 0 aromatic heterocycles. The second-order valence-electron chi connectivity index (χ2n) is 4.79. The van der Waals surface area contributed by atoms with Crippen molar-refractivity contribution >= 4 is 17.7 Å². The van der Waals surface area contributed by atoms with Crippen molar-refractivity contribution in [1.82, 2.24) is 4.90 Å². The second-order valence-corrected chi connectivity index (χ2v) is 4.79. The summed E-state index contributed by atoms with van der Waals surface area (Å²) in [4.78, 5) is 24.4. The third kappa shape index (κ3) is 3.98. The zero-order valence-electron chi connectivity index (χ0n) is 13.0. The molecule has 124 valence electrons. The largest absolute Gasteiger partial charge is 0.493 e. The minimum absolute atomic E-state index is 0.159. The van der Waals surface area contributed by atoms with Crippen LogP contribution in [0.1, 0.15) is 5.56 Å². The highest BCUT2D eigenvalue weighted by Crippen LogP contribution is 2.35. The number of nitrogens with zero attached hydrogens (tertiary/aromatic N) is 2. The molecular formula is C15H18N2O6. The monoisotopic (exact) mass is 322 g/mol. The standard InChI is InChI=1S/C15H18N2O6/c1-21-13-9-11(12(17(19)20)10-14(13)22-2)3-4-15(18)16-5-7-23-8-6-16/h3-4,9-10H,5-8H2,1-2H3. The first kappa shape index (κ1) is 16.8. The highest BCUT2D eigenvalue weighted by atomic mass is 16.6. The Morgan fingerprint density at radius 1 is 1.26 bits per heavy atom. The van der Waals surface area contributed by atoms with Crippen molar-refractivity contribution in [2.45, 2.75) is 0 Å². The average Bonchev–Trinajstić information content (AvgIpc) is 2.59. The van der Waals surface area contributed by atoms with Gasteiger partial charge in [0.25, 0.3) is 5.69 Å². The van der Waals surface area contributed by atoms with Gasteiger partial charge in [-0.05, 0) is 12.1 Å². The minimum atomic E-state index is -0.527. The molecule has 23 heavy (non-hydrogen) atoms. The zero-order chi connectivity index (χ0) is 16.8. The molecule has 1 aliphatic heterocycles. The van der Waals surface area contributed by atoms with Crippen LogP contribution < -0.4 is 9.47 Å². The molecule has 0 radical (unpaired) electrons. The van der Waals surface area contributed by atoms with E-state index in [0.717, 1.165) is 0 Å². The molecule has 1 aliphatic rings. The van der Waals surface area contributed by atoms with Crippen LogP contribution in [0.25, 0.3) is 6.08 Å². The van der Waals surface area contributed by atoms with Crippen LogP contribution in [-0.4, -0.2) is 56.3 Å². The van der Waals surface area contributed by atoms with Crippen LogP contribution in [-0.2, 0) is 9.53 Å². The lowest BCUT2D eigenvalue weighted by Gasteiger charge is -2.25. The zero-order valence-corrected chi connectivity index (χ0v) is 13.0. The number of hydrogen-bond acceptors (Lipinski definition) is 6. The van der Waals surface area contributed by atoms with Crippen molar-refractivity contribution in [2.75, 3.05) is 40.5 Å². The van der Waals surface area contributed by atoms with Gasteiger partial charge < -0.3 is 19.1 Å². The van der Waals surface area contributed by atoms with E-state index in [1.807, 2.05) is 0 Å². The van der Waals surface area contributed by atoms with Crippen LogP contribution >= 0.6 is 0 Å². The smallest absolute Gasteiger partial charge is 0.280 e. The molecule has 1 aromatic rings. The quantitative estimate of drug-likeness (QED) is 0.463. The molecule has 8 heteroatoms. The van der Waals surface area contributed by atoms with E-state index in [2.05, 4.69) is 0 Å². The maximum Gasteiger partial charge on any atom is 0.280 e. The van der Waals surface area contributed by atoms with Crippen molar-refractivity contribution in [1.29, 1.82) is 0 Å². The summed E-state index contributed by atoms with van der Waals surface area (Å²) >= 11 is 0. The average molecular weight is 322 g/mol. The predicted molar refractivity (Wildman–Crippen MR) is 82.6 cm³/mol. The van der Waals surface area contributed by atoms with Gasteiger partial charge in [0.15, 0.2) is 11.5 Å². The molecule has 0 aliphatic carbocycles. The summed E-state index contributed by atoms with van der Waals surface area (Å²) in [6, 6.07) is 2.75. The summed E-state index contributed by atoms with van der Waals surface area (Å²) in [5.74, 6) is 0.407. The number of amides is 1. The minimum Gasteiger partial charge on any atom is -0.493 e. The number of hydrogen-bond donors (Lipinski definition) is 0. The molecule has 0 saturated carbocycles. The molecule has 0 atom stereocenters. The molecule has 2 rings (SSSR count). The molecule has 8 nitrogen and oxygen atoms in total. The maximum absolute atomic E-state index is 12.1. The number of morpholine rings is 1. The number of carbonyl (C=O) groups is 1. The summed E-state index contributed by atoms with van der Waals surface area (Å²) in [6.07, 6.45) is 2.73. The SMILES string of the molecule is COc1cc(C=CC(=O)N2CCOCC2)c([N+](=O)[O-])cc1OC. The van der Waals surface area contributed by atoms with Gasteiger partial charge in [0, 0.05) is 19.2 Å². The van der Waals surface area contributed by atoms with Gasteiger partial charge >= 0.3 is 0 Å². The van der Waals surface area contributed by atoms with E-state index < -0.39 is 4.92 Å². The molecule has 0 spiro atoms. The van der Waals surface area contributed by atoms with E-state index in [0.29, 0.717) is 32.1 Å². The Bertz CT molecular complexity index is 623. The summed E-state index contributed by atoms with van der Waals surface area (Å²) in [5.41, 5.74) is 0.114. The van der Waals surface area contributed by atoms with Gasteiger partial charge in [-0.15, -0.1) is 0 Å². The fourth-order valence-electron chi connectivity index (χ4n) is 2.23. The van der Waals surface area contributed by atoms with E-state index in [1.165, 1.54) is 38.5 Å². The second kappa shape index (κ2) is 7.59. The van der Waals surface area contributed by atoms with E-state index in [1.54, 1.807) is 4.90 Å². The predicted octanol–water partition coefficient (Wildman–Crippen LogP) is 1.48. The van der Waals surface area contributed by atoms with Crippen molar-refractivity contribution in [3.05, 3.63) is 33.9 Å². The van der Waals surface area contributed by atoms with Crippen molar-refractivity contribution < 1.29 is 23.9 Å². The van der Waals surface area contributed by atoms with Crippen molar-refractivity contribution in [2.24, 2.45) is 0 Å². The third-order valence-corrected chi connectivity index (χ3v) is 3.46. The molecule has 1 aromatic carbocycles. The van der Waals surface area contributed by atoms with Gasteiger partial charge in [-0.2, -0.15) is 0 Å². The van der Waals surface area contributed by atoms with E-state index >= 15 is 0 Å². The molecule has 0 N–H and O–H groups in total. The number of carbonyl (C=O) groups excluding carboxylic acids is 1.